The Morgan fingerprint density at radius 1 is 1.07 bits per heavy atom. The average Bonchev–Trinajstić information content (AvgIpc) is 3.03. The molecule has 1 aromatic heterocycles. The molecule has 3 aromatic rings. The number of benzene rings is 2. The number of rotatable bonds is 7. The highest BCUT2D eigenvalue weighted by Crippen LogP contribution is 2.28. The quantitative estimate of drug-likeness (QED) is 0.591. The minimum absolute atomic E-state index is 0.253. The lowest BCUT2D eigenvalue weighted by molar-refractivity contribution is -0.128. The molecule has 0 aliphatic rings. The van der Waals surface area contributed by atoms with Crippen LogP contribution in [0.25, 0.3) is 11.0 Å². The Morgan fingerprint density at radius 2 is 1.72 bits per heavy atom. The first kappa shape index (κ1) is 20.9. The van der Waals surface area contributed by atoms with Crippen molar-refractivity contribution in [2.75, 3.05) is 24.2 Å². The highest BCUT2D eigenvalue weighted by atomic mass is 32.2. The zero-order chi connectivity index (χ0) is 21.2. The highest BCUT2D eigenvalue weighted by Gasteiger charge is 2.25. The topological polar surface area (TPSA) is 70.8 Å². The van der Waals surface area contributed by atoms with Crippen LogP contribution < -0.4 is 4.31 Å². The lowest BCUT2D eigenvalue weighted by Crippen LogP contribution is -2.41. The third-order valence-corrected chi connectivity index (χ3v) is 6.11. The second kappa shape index (κ2) is 8.29. The van der Waals surface area contributed by atoms with Gasteiger partial charge in [0, 0.05) is 31.0 Å². The van der Waals surface area contributed by atoms with Crippen molar-refractivity contribution < 1.29 is 17.6 Å². The zero-order valence-corrected chi connectivity index (χ0v) is 18.0. The van der Waals surface area contributed by atoms with Crippen molar-refractivity contribution in [2.24, 2.45) is 0 Å². The van der Waals surface area contributed by atoms with E-state index in [1.165, 1.54) is 0 Å². The van der Waals surface area contributed by atoms with Crippen LogP contribution in [0.5, 0.6) is 0 Å². The van der Waals surface area contributed by atoms with Crippen LogP contribution >= 0.6 is 0 Å². The molecule has 3 rings (SSSR count). The Morgan fingerprint density at radius 3 is 2.38 bits per heavy atom. The fraction of sp³-hybridized carbons (Fsp3) is 0.318. The largest absolute Gasteiger partial charge is 0.461 e. The molecule has 0 spiro atoms. The number of hydrogen-bond donors (Lipinski definition) is 0. The van der Waals surface area contributed by atoms with Crippen molar-refractivity contribution in [1.29, 1.82) is 0 Å². The van der Waals surface area contributed by atoms with Crippen LogP contribution in [0.15, 0.2) is 52.9 Å². The molecular formula is C22H26N2O4S. The maximum atomic E-state index is 12.9. The summed E-state index contributed by atoms with van der Waals surface area (Å²) in [5.74, 6) is 0.552. The van der Waals surface area contributed by atoms with E-state index in [0.717, 1.165) is 38.4 Å². The summed E-state index contributed by atoms with van der Waals surface area (Å²) in [4.78, 5) is 14.5. The molecule has 0 unspecified atom stereocenters. The molecular weight excluding hydrogens is 388 g/mol. The van der Waals surface area contributed by atoms with E-state index in [1.54, 1.807) is 24.1 Å². The lowest BCUT2D eigenvalue weighted by atomic mass is 10.1. The van der Waals surface area contributed by atoms with Gasteiger partial charge in [0.15, 0.2) is 0 Å². The second-order valence-electron chi connectivity index (χ2n) is 7.16. The van der Waals surface area contributed by atoms with Gasteiger partial charge in [0.1, 0.15) is 17.9 Å². The molecule has 1 amide bonds. The number of carbonyl (C=O) groups excluding carboxylic acids is 1. The van der Waals surface area contributed by atoms with Crippen LogP contribution in [0.2, 0.25) is 0 Å². The number of carbonyl (C=O) groups is 1. The number of amides is 1. The smallest absolute Gasteiger partial charge is 0.243 e. The zero-order valence-electron chi connectivity index (χ0n) is 17.2. The first-order chi connectivity index (χ1) is 13.7. The molecule has 0 saturated heterocycles. The van der Waals surface area contributed by atoms with Crippen LogP contribution in [0.4, 0.5) is 5.69 Å². The molecule has 0 atom stereocenters. The summed E-state index contributed by atoms with van der Waals surface area (Å²) in [6.07, 6.45) is 1.83. The van der Waals surface area contributed by atoms with Crippen LogP contribution in [0.1, 0.15) is 23.8 Å². The van der Waals surface area contributed by atoms with Crippen molar-refractivity contribution in [1.82, 2.24) is 4.90 Å². The highest BCUT2D eigenvalue weighted by molar-refractivity contribution is 7.92. The summed E-state index contributed by atoms with van der Waals surface area (Å²) in [6, 6.07) is 14.9. The van der Waals surface area contributed by atoms with Crippen molar-refractivity contribution in [3.63, 3.8) is 0 Å². The fourth-order valence-corrected chi connectivity index (χ4v) is 4.31. The van der Waals surface area contributed by atoms with Crippen molar-refractivity contribution >= 4 is 32.6 Å². The number of para-hydroxylation sites is 2. The Balaban J connectivity index is 1.86. The Hall–Kier alpha value is -2.80. The van der Waals surface area contributed by atoms with Gasteiger partial charge < -0.3 is 9.32 Å². The third kappa shape index (κ3) is 4.45. The number of anilines is 1. The van der Waals surface area contributed by atoms with E-state index in [9.17, 15) is 13.2 Å². The number of nitrogens with zero attached hydrogens (tertiary/aromatic N) is 2. The second-order valence-corrected chi connectivity index (χ2v) is 9.07. The first-order valence-electron chi connectivity index (χ1n) is 9.49. The molecule has 0 saturated carbocycles. The van der Waals surface area contributed by atoms with E-state index in [2.05, 4.69) is 0 Å². The molecule has 0 radical (unpaired) electrons. The van der Waals surface area contributed by atoms with Crippen LogP contribution in [0, 0.1) is 6.92 Å². The van der Waals surface area contributed by atoms with Gasteiger partial charge in [-0.3, -0.25) is 9.10 Å². The maximum Gasteiger partial charge on any atom is 0.243 e. The van der Waals surface area contributed by atoms with E-state index in [0.29, 0.717) is 18.7 Å². The number of likely N-dealkylation sites (N-methyl/N-ethyl adjacent to an activating group) is 1. The van der Waals surface area contributed by atoms with Gasteiger partial charge >= 0.3 is 0 Å². The molecule has 154 valence electrons. The van der Waals surface area contributed by atoms with E-state index in [1.807, 2.05) is 50.2 Å². The van der Waals surface area contributed by atoms with E-state index < -0.39 is 10.0 Å². The normalized spacial score (nSPS) is 11.6. The summed E-state index contributed by atoms with van der Waals surface area (Å²) in [6.45, 7) is 3.93. The Kier molecular flexibility index (Phi) is 5.98. The average molecular weight is 415 g/mol. The van der Waals surface area contributed by atoms with Crippen molar-refractivity contribution in [3.8, 4) is 0 Å². The lowest BCUT2D eigenvalue weighted by Gasteiger charge is -2.26. The van der Waals surface area contributed by atoms with Crippen molar-refractivity contribution in [3.05, 3.63) is 65.4 Å². The molecule has 6 nitrogen and oxygen atoms in total. The SMILES string of the molecule is CCc1oc2ccccc2c1CN(C)C(=O)CN(c1ccccc1C)S(C)(=O)=O. The molecule has 0 N–H and O–H groups in total. The standard InChI is InChI=1S/C22H26N2O4S/c1-5-20-18(17-11-7-9-13-21(17)28-20)14-23(3)22(25)15-24(29(4,26)27)19-12-8-6-10-16(19)2/h6-13H,5,14-15H2,1-4H3. The van der Waals surface area contributed by atoms with Crippen LogP contribution in [0.3, 0.4) is 0 Å². The maximum absolute atomic E-state index is 12.9. The number of furan rings is 1. The minimum atomic E-state index is -3.61. The molecule has 1 heterocycles. The molecule has 0 fully saturated rings. The summed E-state index contributed by atoms with van der Waals surface area (Å²) in [5, 5.41) is 0.975. The number of hydrogen-bond acceptors (Lipinski definition) is 4. The fourth-order valence-electron chi connectivity index (χ4n) is 3.40. The van der Waals surface area contributed by atoms with E-state index in [4.69, 9.17) is 4.42 Å². The Bertz CT molecular complexity index is 1130. The van der Waals surface area contributed by atoms with Gasteiger partial charge in [-0.15, -0.1) is 0 Å². The Labute approximate surface area is 171 Å². The number of fused-ring (bicyclic) bond motifs is 1. The minimum Gasteiger partial charge on any atom is -0.461 e. The summed E-state index contributed by atoms with van der Waals surface area (Å²) in [5.41, 5.74) is 3.06. The molecule has 7 heteroatoms. The van der Waals surface area contributed by atoms with E-state index >= 15 is 0 Å². The molecule has 29 heavy (non-hydrogen) atoms. The van der Waals surface area contributed by atoms with Crippen molar-refractivity contribution in [2.45, 2.75) is 26.8 Å². The van der Waals surface area contributed by atoms with Gasteiger partial charge in [-0.25, -0.2) is 8.42 Å². The van der Waals surface area contributed by atoms with Gasteiger partial charge in [-0.2, -0.15) is 0 Å². The summed E-state index contributed by atoms with van der Waals surface area (Å²) >= 11 is 0. The van der Waals surface area contributed by atoms with Gasteiger partial charge in [0.05, 0.1) is 11.9 Å². The predicted molar refractivity (Wildman–Crippen MR) is 115 cm³/mol. The third-order valence-electron chi connectivity index (χ3n) is 4.99. The van der Waals surface area contributed by atoms with Gasteiger partial charge in [0.2, 0.25) is 15.9 Å². The predicted octanol–water partition coefficient (Wildman–Crippen LogP) is 3.73. The molecule has 0 bridgehead atoms. The summed E-state index contributed by atoms with van der Waals surface area (Å²) < 4.78 is 31.8. The van der Waals surface area contributed by atoms with Gasteiger partial charge in [-0.1, -0.05) is 43.3 Å². The van der Waals surface area contributed by atoms with Crippen LogP contribution in [-0.4, -0.2) is 39.1 Å². The first-order valence-corrected chi connectivity index (χ1v) is 11.3. The van der Waals surface area contributed by atoms with Gasteiger partial charge in [-0.05, 0) is 24.6 Å². The van der Waals surface area contributed by atoms with Gasteiger partial charge in [0.25, 0.3) is 0 Å². The number of sulfonamides is 1. The number of aryl methyl sites for hydroxylation is 2. The monoisotopic (exact) mass is 414 g/mol. The molecule has 2 aromatic carbocycles. The van der Waals surface area contributed by atoms with E-state index in [-0.39, 0.29) is 12.5 Å². The summed E-state index contributed by atoms with van der Waals surface area (Å²) in [7, 11) is -1.93. The molecule has 0 aliphatic carbocycles. The van der Waals surface area contributed by atoms with Crippen LogP contribution in [-0.2, 0) is 27.8 Å². The molecule has 0 aliphatic heterocycles.